The lowest BCUT2D eigenvalue weighted by molar-refractivity contribution is 0.165. The third-order valence-electron chi connectivity index (χ3n) is 2.35. The molecule has 0 aromatic carbocycles. The van der Waals surface area contributed by atoms with Crippen LogP contribution < -0.4 is 0 Å². The van der Waals surface area contributed by atoms with Gasteiger partial charge < -0.3 is 5.11 Å². The van der Waals surface area contributed by atoms with Gasteiger partial charge in [-0.1, -0.05) is 26.7 Å². The van der Waals surface area contributed by atoms with Gasteiger partial charge in [0, 0.05) is 9.75 Å². The summed E-state index contributed by atoms with van der Waals surface area (Å²) in [5, 5.41) is 9.86. The smallest absolute Gasteiger partial charge is 0.0882 e. The van der Waals surface area contributed by atoms with Crippen molar-refractivity contribution in [1.29, 1.82) is 0 Å². The average Bonchev–Trinajstić information content (AvgIpc) is 2.51. The summed E-state index contributed by atoms with van der Waals surface area (Å²) in [7, 11) is 0. The van der Waals surface area contributed by atoms with E-state index < -0.39 is 0 Å². The van der Waals surface area contributed by atoms with Crippen LogP contribution in [0.4, 0.5) is 0 Å². The minimum atomic E-state index is -0.243. The van der Waals surface area contributed by atoms with Crippen LogP contribution >= 0.6 is 11.3 Å². The van der Waals surface area contributed by atoms with Crippen LogP contribution in [0.1, 0.15) is 49.0 Å². The minimum Gasteiger partial charge on any atom is -0.388 e. The summed E-state index contributed by atoms with van der Waals surface area (Å²) in [5.74, 6) is 0.743. The van der Waals surface area contributed by atoms with Crippen molar-refractivity contribution in [3.63, 3.8) is 0 Å². The van der Waals surface area contributed by atoms with Crippen molar-refractivity contribution >= 4 is 11.3 Å². The molecule has 0 radical (unpaired) electrons. The number of aliphatic hydroxyl groups is 1. The Kier molecular flexibility index (Phi) is 4.63. The van der Waals surface area contributed by atoms with Crippen molar-refractivity contribution in [2.24, 2.45) is 5.92 Å². The van der Waals surface area contributed by atoms with Gasteiger partial charge in [-0.05, 0) is 31.4 Å². The lowest BCUT2D eigenvalue weighted by atomic mass is 10.0. The van der Waals surface area contributed by atoms with Crippen LogP contribution in [-0.4, -0.2) is 5.11 Å². The molecule has 0 fully saturated rings. The number of thiophene rings is 1. The Morgan fingerprint density at radius 3 is 2.50 bits per heavy atom. The molecule has 1 unspecified atom stereocenters. The Morgan fingerprint density at radius 1 is 1.29 bits per heavy atom. The number of rotatable bonds is 5. The molecule has 0 aliphatic carbocycles. The summed E-state index contributed by atoms with van der Waals surface area (Å²) in [6, 6.07) is 4.12. The van der Waals surface area contributed by atoms with E-state index in [-0.39, 0.29) is 6.10 Å². The SMILES string of the molecule is Cc1ccc(C(O)CCCC(C)C)s1. The van der Waals surface area contributed by atoms with Gasteiger partial charge in [0.1, 0.15) is 0 Å². The molecule has 1 aromatic heterocycles. The fourth-order valence-corrected chi connectivity index (χ4v) is 2.39. The van der Waals surface area contributed by atoms with E-state index in [2.05, 4.69) is 26.8 Å². The molecule has 0 spiro atoms. The van der Waals surface area contributed by atoms with Crippen molar-refractivity contribution in [1.82, 2.24) is 0 Å². The molecular weight excluding hydrogens is 192 g/mol. The highest BCUT2D eigenvalue weighted by atomic mass is 32.1. The Hall–Kier alpha value is -0.340. The molecule has 0 saturated carbocycles. The molecule has 1 heterocycles. The fraction of sp³-hybridized carbons (Fsp3) is 0.667. The highest BCUT2D eigenvalue weighted by molar-refractivity contribution is 7.11. The minimum absolute atomic E-state index is 0.243. The van der Waals surface area contributed by atoms with Crippen molar-refractivity contribution in [3.8, 4) is 0 Å². The van der Waals surface area contributed by atoms with E-state index in [1.165, 1.54) is 11.3 Å². The summed E-state index contributed by atoms with van der Waals surface area (Å²) in [4.78, 5) is 2.40. The molecule has 1 nitrogen and oxygen atoms in total. The quantitative estimate of drug-likeness (QED) is 0.784. The summed E-state index contributed by atoms with van der Waals surface area (Å²) >= 11 is 1.70. The van der Waals surface area contributed by atoms with Gasteiger partial charge in [0.2, 0.25) is 0 Å². The number of aliphatic hydroxyl groups excluding tert-OH is 1. The second-order valence-electron chi connectivity index (χ2n) is 4.29. The van der Waals surface area contributed by atoms with Gasteiger partial charge in [0.25, 0.3) is 0 Å². The molecule has 1 aromatic rings. The zero-order valence-electron chi connectivity index (χ0n) is 9.29. The summed E-state index contributed by atoms with van der Waals surface area (Å²) < 4.78 is 0. The van der Waals surface area contributed by atoms with Crippen LogP contribution in [0, 0.1) is 12.8 Å². The highest BCUT2D eigenvalue weighted by Crippen LogP contribution is 2.26. The predicted molar refractivity (Wildman–Crippen MR) is 62.7 cm³/mol. The summed E-state index contributed by atoms with van der Waals surface area (Å²) in [6.07, 6.45) is 2.99. The van der Waals surface area contributed by atoms with Crippen LogP contribution in [0.25, 0.3) is 0 Å². The van der Waals surface area contributed by atoms with Crippen LogP contribution in [0.15, 0.2) is 12.1 Å². The monoisotopic (exact) mass is 212 g/mol. The predicted octanol–water partition coefficient (Wildman–Crippen LogP) is 3.92. The first-order valence-corrected chi connectivity index (χ1v) is 6.15. The van der Waals surface area contributed by atoms with E-state index in [0.29, 0.717) is 0 Å². The molecule has 1 atom stereocenters. The third kappa shape index (κ3) is 3.81. The molecule has 1 N–H and O–H groups in total. The Morgan fingerprint density at radius 2 is 2.00 bits per heavy atom. The molecule has 0 aliphatic heterocycles. The van der Waals surface area contributed by atoms with E-state index in [1.54, 1.807) is 11.3 Å². The Labute approximate surface area is 90.8 Å². The van der Waals surface area contributed by atoms with Gasteiger partial charge in [0.15, 0.2) is 0 Å². The molecule has 80 valence electrons. The molecule has 0 amide bonds. The topological polar surface area (TPSA) is 20.2 Å². The van der Waals surface area contributed by atoms with E-state index >= 15 is 0 Å². The average molecular weight is 212 g/mol. The van der Waals surface area contributed by atoms with Crippen molar-refractivity contribution < 1.29 is 5.11 Å². The van der Waals surface area contributed by atoms with Crippen LogP contribution in [0.3, 0.4) is 0 Å². The van der Waals surface area contributed by atoms with Crippen LogP contribution in [0.5, 0.6) is 0 Å². The number of aryl methyl sites for hydroxylation is 1. The standard InChI is InChI=1S/C12H20OS/c1-9(2)5-4-6-11(13)12-8-7-10(3)14-12/h7-9,11,13H,4-6H2,1-3H3. The Bertz CT molecular complexity index is 265. The lowest BCUT2D eigenvalue weighted by Gasteiger charge is -2.09. The van der Waals surface area contributed by atoms with Gasteiger partial charge >= 0.3 is 0 Å². The van der Waals surface area contributed by atoms with Crippen LogP contribution in [-0.2, 0) is 0 Å². The van der Waals surface area contributed by atoms with Gasteiger partial charge in [-0.15, -0.1) is 11.3 Å². The van der Waals surface area contributed by atoms with Gasteiger partial charge in [-0.3, -0.25) is 0 Å². The maximum Gasteiger partial charge on any atom is 0.0882 e. The van der Waals surface area contributed by atoms with Crippen LogP contribution in [0.2, 0.25) is 0 Å². The van der Waals surface area contributed by atoms with E-state index in [0.717, 1.165) is 23.6 Å². The first-order valence-electron chi connectivity index (χ1n) is 5.34. The maximum atomic E-state index is 9.86. The third-order valence-corrected chi connectivity index (χ3v) is 3.45. The zero-order valence-corrected chi connectivity index (χ0v) is 10.1. The van der Waals surface area contributed by atoms with Crippen molar-refractivity contribution in [3.05, 3.63) is 21.9 Å². The maximum absolute atomic E-state index is 9.86. The van der Waals surface area contributed by atoms with E-state index in [1.807, 2.05) is 6.07 Å². The van der Waals surface area contributed by atoms with E-state index in [4.69, 9.17) is 0 Å². The van der Waals surface area contributed by atoms with Crippen molar-refractivity contribution in [2.45, 2.75) is 46.1 Å². The first-order chi connectivity index (χ1) is 6.59. The number of hydrogen-bond acceptors (Lipinski definition) is 2. The van der Waals surface area contributed by atoms with Gasteiger partial charge in [0.05, 0.1) is 6.10 Å². The van der Waals surface area contributed by atoms with Crippen molar-refractivity contribution in [2.75, 3.05) is 0 Å². The molecule has 0 aliphatic rings. The summed E-state index contributed by atoms with van der Waals surface area (Å²) in [5.41, 5.74) is 0. The summed E-state index contributed by atoms with van der Waals surface area (Å²) in [6.45, 7) is 6.53. The van der Waals surface area contributed by atoms with Gasteiger partial charge in [-0.2, -0.15) is 0 Å². The number of hydrogen-bond donors (Lipinski definition) is 1. The molecule has 0 bridgehead atoms. The first kappa shape index (κ1) is 11.7. The van der Waals surface area contributed by atoms with E-state index in [9.17, 15) is 5.11 Å². The Balaban J connectivity index is 2.32. The molecule has 2 heteroatoms. The molecule has 14 heavy (non-hydrogen) atoms. The second-order valence-corrected chi connectivity index (χ2v) is 5.61. The second kappa shape index (κ2) is 5.52. The highest BCUT2D eigenvalue weighted by Gasteiger charge is 2.09. The fourth-order valence-electron chi connectivity index (χ4n) is 1.49. The molecular formula is C12H20OS. The van der Waals surface area contributed by atoms with Gasteiger partial charge in [-0.25, -0.2) is 0 Å². The largest absolute Gasteiger partial charge is 0.388 e. The molecule has 1 rings (SSSR count). The molecule has 0 saturated heterocycles. The zero-order chi connectivity index (χ0) is 10.6. The normalized spacial score (nSPS) is 13.5. The lowest BCUT2D eigenvalue weighted by Crippen LogP contribution is -1.96.